The highest BCUT2D eigenvalue weighted by Gasteiger charge is 2.73. The van der Waals surface area contributed by atoms with Gasteiger partial charge < -0.3 is 10.1 Å². The molecular formula is C12H11F6N3O4. The number of nitrogens with one attached hydrogen (secondary N) is 2. The number of amides is 1. The lowest BCUT2D eigenvalue weighted by atomic mass is 10.1. The van der Waals surface area contributed by atoms with Gasteiger partial charge in [-0.3, -0.25) is 15.4 Å². The Balaban J connectivity index is 3.42. The van der Waals surface area contributed by atoms with Crippen molar-refractivity contribution >= 4 is 17.5 Å². The van der Waals surface area contributed by atoms with Gasteiger partial charge in [0.1, 0.15) is 0 Å². The number of carbonyl (C=O) groups is 1. The quantitative estimate of drug-likeness (QED) is 0.355. The summed E-state index contributed by atoms with van der Waals surface area (Å²) in [5.74, 6) is 0. The van der Waals surface area contributed by atoms with E-state index in [-0.39, 0.29) is 0 Å². The number of ether oxygens (including phenoxy) is 1. The van der Waals surface area contributed by atoms with Gasteiger partial charge in [0.15, 0.2) is 0 Å². The molecule has 0 saturated heterocycles. The Hall–Kier alpha value is -2.73. The summed E-state index contributed by atoms with van der Waals surface area (Å²) < 4.78 is 83.5. The Bertz CT molecular complexity index is 632. The van der Waals surface area contributed by atoms with Gasteiger partial charge in [-0.25, -0.2) is 4.79 Å². The van der Waals surface area contributed by atoms with E-state index in [0.717, 1.165) is 23.5 Å². The van der Waals surface area contributed by atoms with Crippen LogP contribution < -0.4 is 10.6 Å². The maximum atomic E-state index is 13.2. The molecule has 0 aliphatic heterocycles. The van der Waals surface area contributed by atoms with E-state index in [1.807, 2.05) is 0 Å². The normalized spacial score (nSPS) is 12.4. The highest BCUT2D eigenvalue weighted by atomic mass is 19.4. The largest absolute Gasteiger partial charge is 0.450 e. The molecule has 0 unspecified atom stereocenters. The Morgan fingerprint density at radius 3 is 2.20 bits per heavy atom. The van der Waals surface area contributed by atoms with Crippen LogP contribution in [-0.2, 0) is 4.74 Å². The topological polar surface area (TPSA) is 93.5 Å². The van der Waals surface area contributed by atoms with Crippen LogP contribution >= 0.6 is 0 Å². The molecule has 140 valence electrons. The number of hydrogen-bond donors (Lipinski definition) is 2. The zero-order valence-corrected chi connectivity index (χ0v) is 12.4. The zero-order chi connectivity index (χ0) is 19.5. The summed E-state index contributed by atoms with van der Waals surface area (Å²) in [6.45, 7) is 0.699. The van der Waals surface area contributed by atoms with Crippen molar-refractivity contribution in [2.75, 3.05) is 11.9 Å². The predicted octanol–water partition coefficient (Wildman–Crippen LogP) is 3.57. The van der Waals surface area contributed by atoms with E-state index in [1.54, 1.807) is 0 Å². The minimum absolute atomic E-state index is 0.457. The van der Waals surface area contributed by atoms with Gasteiger partial charge in [-0.15, -0.1) is 0 Å². The van der Waals surface area contributed by atoms with Crippen LogP contribution in [0.4, 0.5) is 42.5 Å². The molecule has 0 fully saturated rings. The number of anilines is 1. The van der Waals surface area contributed by atoms with Crippen molar-refractivity contribution in [2.45, 2.75) is 24.9 Å². The molecule has 2 N–H and O–H groups in total. The molecule has 0 aromatic heterocycles. The molecule has 0 bridgehead atoms. The maximum Gasteiger partial charge on any atom is 0.439 e. The average Bonchev–Trinajstić information content (AvgIpc) is 2.44. The summed E-state index contributed by atoms with van der Waals surface area (Å²) in [5.41, 5.74) is -6.55. The second kappa shape index (κ2) is 7.03. The second-order valence-corrected chi connectivity index (χ2v) is 4.52. The highest BCUT2D eigenvalue weighted by Crippen LogP contribution is 2.43. The molecule has 0 atom stereocenters. The molecule has 0 aliphatic carbocycles. The summed E-state index contributed by atoms with van der Waals surface area (Å²) in [4.78, 5) is 20.8. The molecule has 0 radical (unpaired) electrons. The van der Waals surface area contributed by atoms with Crippen LogP contribution in [0.2, 0.25) is 0 Å². The van der Waals surface area contributed by atoms with Crippen molar-refractivity contribution in [3.63, 3.8) is 0 Å². The Labute approximate surface area is 136 Å². The van der Waals surface area contributed by atoms with E-state index in [4.69, 9.17) is 0 Å². The van der Waals surface area contributed by atoms with Crippen molar-refractivity contribution in [3.8, 4) is 0 Å². The van der Waals surface area contributed by atoms with E-state index in [0.29, 0.717) is 11.4 Å². The molecule has 0 spiro atoms. The van der Waals surface area contributed by atoms with E-state index in [1.165, 1.54) is 6.92 Å². The fourth-order valence-electron chi connectivity index (χ4n) is 1.71. The van der Waals surface area contributed by atoms with Gasteiger partial charge in [0, 0.05) is 17.8 Å². The van der Waals surface area contributed by atoms with Crippen LogP contribution in [-0.4, -0.2) is 35.6 Å². The third-order valence-corrected chi connectivity index (χ3v) is 2.80. The van der Waals surface area contributed by atoms with Crippen molar-refractivity contribution in [1.82, 2.24) is 5.32 Å². The van der Waals surface area contributed by atoms with Crippen LogP contribution in [0.25, 0.3) is 0 Å². The maximum absolute atomic E-state index is 13.2. The first-order valence-corrected chi connectivity index (χ1v) is 6.45. The lowest BCUT2D eigenvalue weighted by Crippen LogP contribution is -2.72. The van der Waals surface area contributed by atoms with E-state index < -0.39 is 47.0 Å². The molecule has 0 saturated carbocycles. The van der Waals surface area contributed by atoms with Crippen LogP contribution in [0.5, 0.6) is 0 Å². The van der Waals surface area contributed by atoms with Crippen LogP contribution in [0, 0.1) is 10.1 Å². The zero-order valence-electron chi connectivity index (χ0n) is 12.4. The number of nitrogens with zero attached hydrogens (tertiary/aromatic N) is 1. The molecule has 1 aromatic carbocycles. The van der Waals surface area contributed by atoms with Gasteiger partial charge in [0.05, 0.1) is 11.5 Å². The van der Waals surface area contributed by atoms with Crippen molar-refractivity contribution in [1.29, 1.82) is 0 Å². The molecule has 25 heavy (non-hydrogen) atoms. The van der Waals surface area contributed by atoms with Crippen molar-refractivity contribution < 1.29 is 40.8 Å². The first-order valence-electron chi connectivity index (χ1n) is 6.45. The summed E-state index contributed by atoms with van der Waals surface area (Å²) in [6.07, 6.45) is -14.1. The number of nitro groups is 1. The standard InChI is InChI=1S/C12H11F6N3O4/c1-2-25-9(22)20-10(11(13,14)15,12(16,17)18)19-7-4-3-5-8(6-7)21(23)24/h3-6,19H,2H2,1H3,(H,20,22). The minimum Gasteiger partial charge on any atom is -0.450 e. The Morgan fingerprint density at radius 2 is 1.76 bits per heavy atom. The van der Waals surface area contributed by atoms with E-state index >= 15 is 0 Å². The number of halogens is 6. The highest BCUT2D eigenvalue weighted by molar-refractivity contribution is 5.70. The summed E-state index contributed by atoms with van der Waals surface area (Å²) in [5, 5.41) is 12.4. The van der Waals surface area contributed by atoms with Gasteiger partial charge in [-0.2, -0.15) is 26.3 Å². The molecule has 0 aliphatic rings. The number of nitro benzene ring substituents is 1. The van der Waals surface area contributed by atoms with Crippen LogP contribution in [0.15, 0.2) is 24.3 Å². The number of rotatable bonds is 5. The molecule has 0 heterocycles. The fourth-order valence-corrected chi connectivity index (χ4v) is 1.71. The Kier molecular flexibility index (Phi) is 5.71. The molecule has 1 amide bonds. The van der Waals surface area contributed by atoms with E-state index in [2.05, 4.69) is 4.74 Å². The monoisotopic (exact) mass is 375 g/mol. The van der Waals surface area contributed by atoms with E-state index in [9.17, 15) is 41.3 Å². The third-order valence-electron chi connectivity index (χ3n) is 2.80. The first kappa shape index (κ1) is 20.3. The van der Waals surface area contributed by atoms with Crippen molar-refractivity contribution in [2.24, 2.45) is 0 Å². The SMILES string of the molecule is CCOC(=O)NC(Nc1cccc([N+](=O)[O-])c1)(C(F)(F)F)C(F)(F)F. The minimum atomic E-state index is -6.05. The lowest BCUT2D eigenvalue weighted by molar-refractivity contribution is -0.384. The van der Waals surface area contributed by atoms with Gasteiger partial charge in [-0.05, 0) is 13.0 Å². The summed E-state index contributed by atoms with van der Waals surface area (Å²) >= 11 is 0. The predicted molar refractivity (Wildman–Crippen MR) is 71.7 cm³/mol. The number of carbonyl (C=O) groups excluding carboxylic acids is 1. The summed E-state index contributed by atoms with van der Waals surface area (Å²) in [6, 6.07) is 2.94. The molecule has 7 nitrogen and oxygen atoms in total. The number of benzene rings is 1. The second-order valence-electron chi connectivity index (χ2n) is 4.52. The lowest BCUT2D eigenvalue weighted by Gasteiger charge is -2.38. The average molecular weight is 375 g/mol. The fraction of sp³-hybridized carbons (Fsp3) is 0.417. The number of non-ortho nitro benzene ring substituents is 1. The number of alkyl halides is 6. The van der Waals surface area contributed by atoms with Crippen LogP contribution in [0.3, 0.4) is 0 Å². The number of alkyl carbamates (subject to hydrolysis) is 1. The molecule has 1 rings (SSSR count). The van der Waals surface area contributed by atoms with Gasteiger partial charge in [0.25, 0.3) is 5.69 Å². The number of hydrogen-bond acceptors (Lipinski definition) is 5. The molecule has 13 heteroatoms. The smallest absolute Gasteiger partial charge is 0.439 e. The molecule has 1 aromatic rings. The molecular weight excluding hydrogens is 364 g/mol. The first-order chi connectivity index (χ1) is 11.3. The Morgan fingerprint density at radius 1 is 1.20 bits per heavy atom. The van der Waals surface area contributed by atoms with Gasteiger partial charge >= 0.3 is 24.1 Å². The third kappa shape index (κ3) is 4.42. The van der Waals surface area contributed by atoms with Crippen molar-refractivity contribution in [3.05, 3.63) is 34.4 Å². The summed E-state index contributed by atoms with van der Waals surface area (Å²) in [7, 11) is 0. The van der Waals surface area contributed by atoms with Crippen LogP contribution in [0.1, 0.15) is 6.92 Å². The van der Waals surface area contributed by atoms with Gasteiger partial charge in [0.2, 0.25) is 0 Å². The van der Waals surface area contributed by atoms with Gasteiger partial charge in [-0.1, -0.05) is 6.07 Å².